The normalized spacial score (nSPS) is 15.0. The number of hydrogen-bond acceptors (Lipinski definition) is 6. The molecule has 8 heteroatoms. The molecule has 1 aliphatic rings. The van der Waals surface area contributed by atoms with Crippen LogP contribution in [-0.4, -0.2) is 58.7 Å². The van der Waals surface area contributed by atoms with Crippen LogP contribution < -0.4 is 9.64 Å². The summed E-state index contributed by atoms with van der Waals surface area (Å²) in [5.41, 5.74) is 1.63. The average molecular weight is 357 g/mol. The van der Waals surface area contributed by atoms with E-state index in [-0.39, 0.29) is 5.91 Å². The first-order valence-corrected chi connectivity index (χ1v) is 8.97. The molecule has 0 atom stereocenters. The summed E-state index contributed by atoms with van der Waals surface area (Å²) in [6, 6.07) is 7.30. The van der Waals surface area contributed by atoms with Crippen molar-refractivity contribution >= 4 is 27.3 Å². The number of nitrogens with zero attached hydrogens (tertiary/aromatic N) is 5. The van der Waals surface area contributed by atoms with Crippen molar-refractivity contribution in [1.29, 1.82) is 0 Å². The number of piperazine rings is 1. The van der Waals surface area contributed by atoms with E-state index in [1.165, 1.54) is 0 Å². The number of amides is 1. The van der Waals surface area contributed by atoms with Crippen molar-refractivity contribution in [3.05, 3.63) is 41.7 Å². The molecule has 3 heterocycles. The SMILES string of the molecule is COc1cccc(C(=O)N2CCN(c3nn4cc(C)nc4s3)CC2)c1. The predicted molar refractivity (Wildman–Crippen MR) is 96.7 cm³/mol. The van der Waals surface area contributed by atoms with E-state index in [2.05, 4.69) is 15.0 Å². The van der Waals surface area contributed by atoms with Crippen LogP contribution in [0.25, 0.3) is 4.96 Å². The molecule has 7 nitrogen and oxygen atoms in total. The number of carbonyl (C=O) groups is 1. The molecule has 2 aromatic heterocycles. The van der Waals surface area contributed by atoms with Crippen LogP contribution in [0.2, 0.25) is 0 Å². The minimum atomic E-state index is 0.0446. The Labute approximate surface area is 149 Å². The number of hydrogen-bond donors (Lipinski definition) is 0. The minimum absolute atomic E-state index is 0.0446. The predicted octanol–water partition coefficient (Wildman–Crippen LogP) is 2.07. The lowest BCUT2D eigenvalue weighted by Gasteiger charge is -2.34. The fourth-order valence-corrected chi connectivity index (χ4v) is 3.95. The smallest absolute Gasteiger partial charge is 0.254 e. The number of imidazole rings is 1. The molecule has 1 aromatic carbocycles. The quantitative estimate of drug-likeness (QED) is 0.718. The zero-order valence-corrected chi connectivity index (χ0v) is 15.0. The maximum Gasteiger partial charge on any atom is 0.254 e. The fraction of sp³-hybridized carbons (Fsp3) is 0.353. The molecule has 1 saturated heterocycles. The van der Waals surface area contributed by atoms with Gasteiger partial charge in [-0.1, -0.05) is 17.4 Å². The summed E-state index contributed by atoms with van der Waals surface area (Å²) < 4.78 is 7.03. The highest BCUT2D eigenvalue weighted by molar-refractivity contribution is 7.20. The van der Waals surface area contributed by atoms with Crippen LogP contribution in [0, 0.1) is 6.92 Å². The Morgan fingerprint density at radius 1 is 1.24 bits per heavy atom. The number of ether oxygens (including phenoxy) is 1. The minimum Gasteiger partial charge on any atom is -0.497 e. The van der Waals surface area contributed by atoms with Crippen molar-refractivity contribution in [1.82, 2.24) is 19.5 Å². The second-order valence-corrected chi connectivity index (χ2v) is 6.94. The van der Waals surface area contributed by atoms with Crippen LogP contribution in [0.5, 0.6) is 5.75 Å². The Morgan fingerprint density at radius 2 is 2.04 bits per heavy atom. The van der Waals surface area contributed by atoms with Gasteiger partial charge in [-0.25, -0.2) is 9.50 Å². The fourth-order valence-electron chi connectivity index (χ4n) is 2.97. The van der Waals surface area contributed by atoms with E-state index in [0.717, 1.165) is 28.9 Å². The van der Waals surface area contributed by atoms with Gasteiger partial charge in [0.2, 0.25) is 10.1 Å². The highest BCUT2D eigenvalue weighted by Gasteiger charge is 2.24. The van der Waals surface area contributed by atoms with Crippen molar-refractivity contribution in [3.63, 3.8) is 0 Å². The Hall–Kier alpha value is -2.61. The molecule has 0 spiro atoms. The lowest BCUT2D eigenvalue weighted by atomic mass is 10.1. The van der Waals surface area contributed by atoms with E-state index >= 15 is 0 Å². The van der Waals surface area contributed by atoms with Crippen molar-refractivity contribution in [3.8, 4) is 5.75 Å². The first-order chi connectivity index (χ1) is 12.1. The monoisotopic (exact) mass is 357 g/mol. The van der Waals surface area contributed by atoms with Crippen molar-refractivity contribution in [2.24, 2.45) is 0 Å². The largest absolute Gasteiger partial charge is 0.497 e. The van der Waals surface area contributed by atoms with Gasteiger partial charge in [-0.15, -0.1) is 5.10 Å². The molecule has 1 fully saturated rings. The molecule has 0 radical (unpaired) electrons. The highest BCUT2D eigenvalue weighted by atomic mass is 32.1. The molecule has 3 aromatic rings. The summed E-state index contributed by atoms with van der Waals surface area (Å²) in [5, 5.41) is 5.54. The van der Waals surface area contributed by atoms with Crippen molar-refractivity contribution < 1.29 is 9.53 Å². The second-order valence-electron chi connectivity index (χ2n) is 6.01. The maximum absolute atomic E-state index is 12.7. The third-order valence-electron chi connectivity index (χ3n) is 4.31. The maximum atomic E-state index is 12.7. The number of rotatable bonds is 3. The average Bonchev–Trinajstić information content (AvgIpc) is 3.18. The molecular weight excluding hydrogens is 338 g/mol. The summed E-state index contributed by atoms with van der Waals surface area (Å²) in [7, 11) is 1.61. The van der Waals surface area contributed by atoms with Crippen LogP contribution in [-0.2, 0) is 0 Å². The lowest BCUT2D eigenvalue weighted by Crippen LogP contribution is -2.48. The highest BCUT2D eigenvalue weighted by Crippen LogP contribution is 2.24. The van der Waals surface area contributed by atoms with Crippen LogP contribution in [0.3, 0.4) is 0 Å². The zero-order chi connectivity index (χ0) is 17.4. The topological polar surface area (TPSA) is 63.0 Å². The van der Waals surface area contributed by atoms with Gasteiger partial charge in [0.1, 0.15) is 5.75 Å². The van der Waals surface area contributed by atoms with Crippen molar-refractivity contribution in [2.45, 2.75) is 6.92 Å². The van der Waals surface area contributed by atoms with E-state index in [0.29, 0.717) is 24.4 Å². The molecule has 0 saturated carbocycles. The Bertz CT molecular complexity index is 879. The molecular formula is C17H19N5O2S. The summed E-state index contributed by atoms with van der Waals surface area (Å²) in [5.74, 6) is 0.744. The number of anilines is 1. The number of fused-ring (bicyclic) bond motifs is 1. The molecule has 0 unspecified atom stereocenters. The Balaban J connectivity index is 1.43. The van der Waals surface area contributed by atoms with E-state index < -0.39 is 0 Å². The standard InChI is InChI=1S/C17H19N5O2S/c1-12-11-22-16(18-12)25-17(19-22)21-8-6-20(7-9-21)15(23)13-4-3-5-14(10-13)24-2/h3-5,10-11H,6-9H2,1-2H3. The van der Waals surface area contributed by atoms with Gasteiger partial charge in [0, 0.05) is 31.7 Å². The van der Waals surface area contributed by atoms with Gasteiger partial charge in [0.05, 0.1) is 19.0 Å². The molecule has 25 heavy (non-hydrogen) atoms. The van der Waals surface area contributed by atoms with Crippen molar-refractivity contribution in [2.75, 3.05) is 38.2 Å². The molecule has 130 valence electrons. The summed E-state index contributed by atoms with van der Waals surface area (Å²) in [4.78, 5) is 22.1. The molecule has 0 aliphatic carbocycles. The Morgan fingerprint density at radius 3 is 2.76 bits per heavy atom. The number of aryl methyl sites for hydroxylation is 1. The van der Waals surface area contributed by atoms with E-state index in [1.807, 2.05) is 40.7 Å². The van der Waals surface area contributed by atoms with Crippen LogP contribution in [0.1, 0.15) is 16.1 Å². The molecule has 4 rings (SSSR count). The van der Waals surface area contributed by atoms with E-state index in [9.17, 15) is 4.79 Å². The summed E-state index contributed by atoms with van der Waals surface area (Å²) in [6.45, 7) is 4.86. The van der Waals surface area contributed by atoms with E-state index in [1.54, 1.807) is 24.5 Å². The van der Waals surface area contributed by atoms with Gasteiger partial charge in [-0.3, -0.25) is 4.79 Å². The number of methoxy groups -OCH3 is 1. The lowest BCUT2D eigenvalue weighted by molar-refractivity contribution is 0.0746. The number of carbonyl (C=O) groups excluding carboxylic acids is 1. The van der Waals surface area contributed by atoms with E-state index in [4.69, 9.17) is 4.74 Å². The van der Waals surface area contributed by atoms with Gasteiger partial charge in [-0.05, 0) is 25.1 Å². The Kier molecular flexibility index (Phi) is 4.04. The third-order valence-corrected chi connectivity index (χ3v) is 5.29. The van der Waals surface area contributed by atoms with Gasteiger partial charge < -0.3 is 14.5 Å². The van der Waals surface area contributed by atoms with Gasteiger partial charge in [0.15, 0.2) is 0 Å². The zero-order valence-electron chi connectivity index (χ0n) is 14.2. The third kappa shape index (κ3) is 3.05. The molecule has 0 bridgehead atoms. The number of aromatic nitrogens is 3. The van der Waals surface area contributed by atoms with Gasteiger partial charge in [0.25, 0.3) is 5.91 Å². The summed E-state index contributed by atoms with van der Waals surface area (Å²) >= 11 is 1.58. The van der Waals surface area contributed by atoms with Gasteiger partial charge in [-0.2, -0.15) is 0 Å². The first kappa shape index (κ1) is 15.9. The van der Waals surface area contributed by atoms with Crippen LogP contribution >= 0.6 is 11.3 Å². The summed E-state index contributed by atoms with van der Waals surface area (Å²) in [6.07, 6.45) is 1.93. The second kappa shape index (κ2) is 6.36. The molecule has 1 amide bonds. The molecule has 0 N–H and O–H groups in total. The van der Waals surface area contributed by atoms with Crippen LogP contribution in [0.15, 0.2) is 30.5 Å². The molecule has 1 aliphatic heterocycles. The van der Waals surface area contributed by atoms with Gasteiger partial charge >= 0.3 is 0 Å². The van der Waals surface area contributed by atoms with Crippen LogP contribution in [0.4, 0.5) is 5.13 Å². The first-order valence-electron chi connectivity index (χ1n) is 8.15. The number of benzene rings is 1.